The Morgan fingerprint density at radius 1 is 1.44 bits per heavy atom. The van der Waals surface area contributed by atoms with Crippen molar-refractivity contribution in [1.29, 1.82) is 0 Å². The summed E-state index contributed by atoms with van der Waals surface area (Å²) in [6, 6.07) is 4.62. The first-order valence-corrected chi connectivity index (χ1v) is 6.07. The summed E-state index contributed by atoms with van der Waals surface area (Å²) in [7, 11) is 1.94. The highest BCUT2D eigenvalue weighted by molar-refractivity contribution is 6.30. The summed E-state index contributed by atoms with van der Waals surface area (Å²) in [6.45, 7) is 3.35. The molecule has 0 saturated carbocycles. The van der Waals surface area contributed by atoms with Crippen molar-refractivity contribution >= 4 is 23.2 Å². The molecule has 1 rings (SSSR count). The molecule has 0 amide bonds. The minimum atomic E-state index is -0.213. The minimum Gasteiger partial charge on any atom is -0.302 e. The van der Waals surface area contributed by atoms with Crippen LogP contribution in [0.2, 0.25) is 5.02 Å². The fourth-order valence-electron chi connectivity index (χ4n) is 1.43. The summed E-state index contributed by atoms with van der Waals surface area (Å²) in [5.41, 5.74) is 0.622. The van der Waals surface area contributed by atoms with E-state index in [0.717, 1.165) is 13.0 Å². The Morgan fingerprint density at radius 3 is 2.75 bits per heavy atom. The van der Waals surface area contributed by atoms with Crippen molar-refractivity contribution in [3.8, 4) is 0 Å². The highest BCUT2D eigenvalue weighted by Gasteiger charge is 2.07. The minimum absolute atomic E-state index is 0.145. The number of benzene rings is 1. The predicted molar refractivity (Wildman–Crippen MR) is 67.7 cm³/mol. The first-order chi connectivity index (χ1) is 7.49. The van der Waals surface area contributed by atoms with E-state index >= 15 is 0 Å². The molecule has 1 atom stereocenters. The van der Waals surface area contributed by atoms with Gasteiger partial charge in [-0.2, -0.15) is 0 Å². The second-order valence-corrected chi connectivity index (χ2v) is 5.22. The molecule has 1 nitrogen and oxygen atoms in total. The summed E-state index contributed by atoms with van der Waals surface area (Å²) in [5, 5.41) is 0.710. The van der Waals surface area contributed by atoms with Crippen molar-refractivity contribution in [1.82, 2.24) is 4.90 Å². The normalized spacial score (nSPS) is 13.1. The second kappa shape index (κ2) is 6.43. The van der Waals surface area contributed by atoms with Gasteiger partial charge < -0.3 is 4.90 Å². The van der Waals surface area contributed by atoms with Crippen molar-refractivity contribution in [3.05, 3.63) is 34.6 Å². The van der Waals surface area contributed by atoms with Crippen molar-refractivity contribution in [2.24, 2.45) is 0 Å². The summed E-state index contributed by atoms with van der Waals surface area (Å²) in [5.74, 6) is -0.213. The van der Waals surface area contributed by atoms with Crippen LogP contribution in [0, 0.1) is 5.82 Å². The summed E-state index contributed by atoms with van der Waals surface area (Å²) in [4.78, 5) is 2.04. The van der Waals surface area contributed by atoms with Gasteiger partial charge in [0.2, 0.25) is 0 Å². The van der Waals surface area contributed by atoms with Crippen LogP contribution in [0.25, 0.3) is 0 Å². The molecule has 0 aliphatic heterocycles. The van der Waals surface area contributed by atoms with Crippen molar-refractivity contribution in [3.63, 3.8) is 0 Å². The molecule has 0 N–H and O–H groups in total. The predicted octanol–water partition coefficient (Wildman–Crippen LogP) is 3.93. The van der Waals surface area contributed by atoms with Gasteiger partial charge in [0.1, 0.15) is 5.82 Å². The van der Waals surface area contributed by atoms with Crippen molar-refractivity contribution in [2.75, 3.05) is 13.6 Å². The van der Waals surface area contributed by atoms with Gasteiger partial charge in [0, 0.05) is 22.5 Å². The summed E-state index contributed by atoms with van der Waals surface area (Å²) < 4.78 is 13.4. The van der Waals surface area contributed by atoms with Gasteiger partial charge in [-0.05, 0) is 45.1 Å². The van der Waals surface area contributed by atoms with Crippen LogP contribution >= 0.6 is 23.2 Å². The van der Waals surface area contributed by atoms with E-state index in [1.807, 2.05) is 18.9 Å². The molecule has 0 spiro atoms. The Kier molecular flexibility index (Phi) is 5.53. The lowest BCUT2D eigenvalue weighted by molar-refractivity contribution is 0.316. The largest absolute Gasteiger partial charge is 0.302 e. The topological polar surface area (TPSA) is 3.24 Å². The maximum absolute atomic E-state index is 13.4. The Hall–Kier alpha value is -0.310. The SMILES string of the molecule is CC(Cl)CCN(C)Cc1cc(Cl)ccc1F. The monoisotopic (exact) mass is 263 g/mol. The molecular weight excluding hydrogens is 248 g/mol. The molecule has 0 radical (unpaired) electrons. The van der Waals surface area contributed by atoms with Crippen molar-refractivity contribution in [2.45, 2.75) is 25.3 Å². The van der Waals surface area contributed by atoms with E-state index in [-0.39, 0.29) is 11.2 Å². The van der Waals surface area contributed by atoms with Gasteiger partial charge in [0.15, 0.2) is 0 Å². The number of alkyl halides is 1. The average molecular weight is 264 g/mol. The number of hydrogen-bond donors (Lipinski definition) is 0. The number of hydrogen-bond acceptors (Lipinski definition) is 1. The van der Waals surface area contributed by atoms with Gasteiger partial charge in [-0.3, -0.25) is 0 Å². The molecule has 0 bridgehead atoms. The Labute approximate surface area is 106 Å². The quantitative estimate of drug-likeness (QED) is 0.728. The fraction of sp³-hybridized carbons (Fsp3) is 0.500. The van der Waals surface area contributed by atoms with Crippen LogP contribution in [0.4, 0.5) is 4.39 Å². The molecule has 0 aromatic heterocycles. The zero-order valence-electron chi connectivity index (χ0n) is 9.51. The van der Waals surface area contributed by atoms with Gasteiger partial charge in [-0.15, -0.1) is 11.6 Å². The van der Waals surface area contributed by atoms with Gasteiger partial charge in [0.05, 0.1) is 0 Å². The molecule has 0 aliphatic rings. The molecule has 1 aromatic carbocycles. The van der Waals surface area contributed by atoms with E-state index in [1.165, 1.54) is 6.07 Å². The molecule has 1 aromatic rings. The van der Waals surface area contributed by atoms with E-state index in [2.05, 4.69) is 0 Å². The highest BCUT2D eigenvalue weighted by Crippen LogP contribution is 2.16. The fourth-order valence-corrected chi connectivity index (χ4v) is 1.72. The first kappa shape index (κ1) is 13.8. The van der Waals surface area contributed by atoms with Crippen LogP contribution in [0.15, 0.2) is 18.2 Å². The Balaban J connectivity index is 2.55. The van der Waals surface area contributed by atoms with E-state index in [1.54, 1.807) is 12.1 Å². The number of nitrogens with zero attached hydrogens (tertiary/aromatic N) is 1. The maximum Gasteiger partial charge on any atom is 0.127 e. The molecule has 16 heavy (non-hydrogen) atoms. The molecule has 0 aliphatic carbocycles. The molecule has 4 heteroatoms. The molecule has 0 heterocycles. The van der Waals surface area contributed by atoms with E-state index in [0.29, 0.717) is 17.1 Å². The van der Waals surface area contributed by atoms with Crippen LogP contribution in [0.3, 0.4) is 0 Å². The lowest BCUT2D eigenvalue weighted by Gasteiger charge is -2.17. The van der Waals surface area contributed by atoms with E-state index in [9.17, 15) is 4.39 Å². The third-order valence-corrected chi connectivity index (χ3v) is 2.81. The lowest BCUT2D eigenvalue weighted by atomic mass is 10.2. The van der Waals surface area contributed by atoms with Crippen LogP contribution in [-0.4, -0.2) is 23.9 Å². The smallest absolute Gasteiger partial charge is 0.127 e. The first-order valence-electron chi connectivity index (χ1n) is 5.25. The van der Waals surface area contributed by atoms with E-state index < -0.39 is 0 Å². The second-order valence-electron chi connectivity index (χ2n) is 4.04. The zero-order chi connectivity index (χ0) is 12.1. The number of halogens is 3. The van der Waals surface area contributed by atoms with Gasteiger partial charge in [-0.1, -0.05) is 11.6 Å². The van der Waals surface area contributed by atoms with E-state index in [4.69, 9.17) is 23.2 Å². The van der Waals surface area contributed by atoms with Crippen LogP contribution in [0.1, 0.15) is 18.9 Å². The van der Waals surface area contributed by atoms with Gasteiger partial charge >= 0.3 is 0 Å². The number of rotatable bonds is 5. The van der Waals surface area contributed by atoms with Gasteiger partial charge in [0.25, 0.3) is 0 Å². The summed E-state index contributed by atoms with van der Waals surface area (Å²) >= 11 is 11.7. The molecule has 90 valence electrons. The summed E-state index contributed by atoms with van der Waals surface area (Å²) in [6.07, 6.45) is 0.889. The molecule has 0 fully saturated rings. The van der Waals surface area contributed by atoms with Crippen molar-refractivity contribution < 1.29 is 4.39 Å². The average Bonchev–Trinajstić information content (AvgIpc) is 2.20. The standard InChI is InChI=1S/C12H16Cl2FN/c1-9(13)5-6-16(2)8-10-7-11(14)3-4-12(10)15/h3-4,7,9H,5-6,8H2,1-2H3. The molecular formula is C12H16Cl2FN. The Bertz CT molecular complexity index is 342. The Morgan fingerprint density at radius 2 is 2.12 bits per heavy atom. The van der Waals surface area contributed by atoms with Gasteiger partial charge in [-0.25, -0.2) is 4.39 Å². The van der Waals surface area contributed by atoms with Crippen LogP contribution < -0.4 is 0 Å². The third kappa shape index (κ3) is 4.69. The zero-order valence-corrected chi connectivity index (χ0v) is 11.0. The van der Waals surface area contributed by atoms with Crippen LogP contribution in [0.5, 0.6) is 0 Å². The lowest BCUT2D eigenvalue weighted by Crippen LogP contribution is -2.21. The maximum atomic E-state index is 13.4. The van der Waals surface area contributed by atoms with Crippen LogP contribution in [-0.2, 0) is 6.54 Å². The highest BCUT2D eigenvalue weighted by atomic mass is 35.5. The molecule has 1 unspecified atom stereocenters. The molecule has 0 saturated heterocycles. The third-order valence-electron chi connectivity index (χ3n) is 2.36.